The van der Waals surface area contributed by atoms with Crippen molar-refractivity contribution in [1.82, 2.24) is 9.13 Å². The zero-order chi connectivity index (χ0) is 15.7. The van der Waals surface area contributed by atoms with E-state index in [1.807, 2.05) is 0 Å². The van der Waals surface area contributed by atoms with Crippen molar-refractivity contribution in [2.24, 2.45) is 5.73 Å². The van der Waals surface area contributed by atoms with Gasteiger partial charge < -0.3 is 5.73 Å². The maximum Gasteiger partial charge on any atom is 0.335 e. The van der Waals surface area contributed by atoms with E-state index in [-0.39, 0.29) is 17.3 Å². The van der Waals surface area contributed by atoms with E-state index in [1.165, 1.54) is 16.7 Å². The van der Waals surface area contributed by atoms with Gasteiger partial charge in [0.05, 0.1) is 5.69 Å². The van der Waals surface area contributed by atoms with Gasteiger partial charge in [-0.15, -0.1) is 0 Å². The molecular formula is C14H14FN3O3. The van der Waals surface area contributed by atoms with Crippen LogP contribution in [0.1, 0.15) is 30.2 Å². The van der Waals surface area contributed by atoms with Crippen LogP contribution in [0.2, 0.25) is 0 Å². The summed E-state index contributed by atoms with van der Waals surface area (Å²) in [6.07, 6.45) is 1.15. The van der Waals surface area contributed by atoms with E-state index < -0.39 is 23.0 Å². The Balaban J connectivity index is 2.87. The smallest absolute Gasteiger partial charge is 0.335 e. The van der Waals surface area contributed by atoms with Gasteiger partial charge in [-0.3, -0.25) is 14.2 Å². The van der Waals surface area contributed by atoms with Gasteiger partial charge in [0.2, 0.25) is 0 Å². The van der Waals surface area contributed by atoms with Gasteiger partial charge >= 0.3 is 5.69 Å². The van der Waals surface area contributed by atoms with Crippen molar-refractivity contribution < 1.29 is 9.18 Å². The predicted molar refractivity (Wildman–Crippen MR) is 75.2 cm³/mol. The molecule has 0 atom stereocenters. The predicted octanol–water partition coefficient (Wildman–Crippen LogP) is 0.818. The van der Waals surface area contributed by atoms with Crippen molar-refractivity contribution in [3.05, 3.63) is 62.7 Å². The molecule has 0 fully saturated rings. The van der Waals surface area contributed by atoms with Crippen LogP contribution in [0.15, 0.2) is 40.1 Å². The molecule has 0 aliphatic heterocycles. The number of halogens is 1. The molecule has 1 heterocycles. The van der Waals surface area contributed by atoms with Crippen molar-refractivity contribution >= 4 is 5.91 Å². The molecule has 0 bridgehead atoms. The van der Waals surface area contributed by atoms with Crippen molar-refractivity contribution in [1.29, 1.82) is 0 Å². The minimum Gasteiger partial charge on any atom is -0.365 e. The number of carbonyl (C=O) groups is 1. The highest BCUT2D eigenvalue weighted by Crippen LogP contribution is 2.07. The van der Waals surface area contributed by atoms with Crippen LogP contribution in [0.25, 0.3) is 5.69 Å². The second-order valence-electron chi connectivity index (χ2n) is 4.81. The van der Waals surface area contributed by atoms with Crippen LogP contribution < -0.4 is 17.0 Å². The fourth-order valence-electron chi connectivity index (χ4n) is 1.93. The van der Waals surface area contributed by atoms with Gasteiger partial charge in [-0.25, -0.2) is 13.8 Å². The molecule has 2 aromatic rings. The number of benzene rings is 1. The molecule has 0 saturated carbocycles. The Labute approximate surface area is 119 Å². The topological polar surface area (TPSA) is 87.1 Å². The Morgan fingerprint density at radius 3 is 2.24 bits per heavy atom. The fraction of sp³-hybridized carbons (Fsp3) is 0.214. The summed E-state index contributed by atoms with van der Waals surface area (Å²) >= 11 is 0. The molecule has 6 nitrogen and oxygen atoms in total. The van der Waals surface area contributed by atoms with Gasteiger partial charge in [-0.2, -0.15) is 0 Å². The average molecular weight is 291 g/mol. The first kappa shape index (κ1) is 14.7. The number of nitrogens with two attached hydrogens (primary N) is 1. The van der Waals surface area contributed by atoms with E-state index in [4.69, 9.17) is 5.73 Å². The number of primary amides is 1. The molecule has 0 radical (unpaired) electrons. The van der Waals surface area contributed by atoms with Gasteiger partial charge in [0, 0.05) is 12.2 Å². The van der Waals surface area contributed by atoms with Crippen LogP contribution in [0.3, 0.4) is 0 Å². The SMILES string of the molecule is CC(C)n1cc(C(N)=O)c(=O)n(-c2ccc(F)cc2)c1=O. The van der Waals surface area contributed by atoms with E-state index in [0.29, 0.717) is 0 Å². The van der Waals surface area contributed by atoms with Crippen molar-refractivity contribution in [2.45, 2.75) is 19.9 Å². The maximum atomic E-state index is 13.0. The summed E-state index contributed by atoms with van der Waals surface area (Å²) < 4.78 is 15.0. The van der Waals surface area contributed by atoms with E-state index in [1.54, 1.807) is 13.8 Å². The Morgan fingerprint density at radius 2 is 1.76 bits per heavy atom. The number of nitrogens with zero attached hydrogens (tertiary/aromatic N) is 2. The molecule has 2 N–H and O–H groups in total. The second kappa shape index (κ2) is 5.35. The van der Waals surface area contributed by atoms with E-state index >= 15 is 0 Å². The maximum absolute atomic E-state index is 13.0. The number of rotatable bonds is 3. The summed E-state index contributed by atoms with van der Waals surface area (Å²) in [5.41, 5.74) is 3.61. The van der Waals surface area contributed by atoms with Gasteiger partial charge in [0.1, 0.15) is 11.4 Å². The highest BCUT2D eigenvalue weighted by Gasteiger charge is 2.17. The van der Waals surface area contributed by atoms with Gasteiger partial charge in [0.15, 0.2) is 0 Å². The molecule has 1 amide bonds. The normalized spacial score (nSPS) is 10.9. The Kier molecular flexibility index (Phi) is 3.75. The van der Waals surface area contributed by atoms with Crippen LogP contribution in [-0.4, -0.2) is 15.0 Å². The third-order valence-electron chi connectivity index (χ3n) is 3.02. The molecule has 2 rings (SSSR count). The number of amides is 1. The Hall–Kier alpha value is -2.70. The lowest BCUT2D eigenvalue weighted by Crippen LogP contribution is -2.42. The summed E-state index contributed by atoms with van der Waals surface area (Å²) in [4.78, 5) is 36.0. The van der Waals surface area contributed by atoms with Gasteiger partial charge in [-0.1, -0.05) is 0 Å². The molecule has 0 unspecified atom stereocenters. The number of hydrogen-bond acceptors (Lipinski definition) is 3. The van der Waals surface area contributed by atoms with E-state index in [2.05, 4.69) is 0 Å². The van der Waals surface area contributed by atoms with Crippen molar-refractivity contribution in [3.8, 4) is 5.69 Å². The second-order valence-corrected chi connectivity index (χ2v) is 4.81. The zero-order valence-electron chi connectivity index (χ0n) is 11.5. The summed E-state index contributed by atoms with van der Waals surface area (Å²) in [7, 11) is 0. The summed E-state index contributed by atoms with van der Waals surface area (Å²) in [6.45, 7) is 3.46. The van der Waals surface area contributed by atoms with Crippen molar-refractivity contribution in [3.63, 3.8) is 0 Å². The molecule has 0 saturated heterocycles. The molecule has 1 aromatic heterocycles. The third-order valence-corrected chi connectivity index (χ3v) is 3.02. The van der Waals surface area contributed by atoms with Crippen molar-refractivity contribution in [2.75, 3.05) is 0 Å². The largest absolute Gasteiger partial charge is 0.365 e. The van der Waals surface area contributed by atoms with E-state index in [0.717, 1.165) is 22.9 Å². The number of carbonyl (C=O) groups excluding carboxylic acids is 1. The minimum atomic E-state index is -0.926. The lowest BCUT2D eigenvalue weighted by Gasteiger charge is -2.14. The first-order chi connectivity index (χ1) is 9.82. The number of aromatic nitrogens is 2. The molecule has 1 aromatic carbocycles. The Morgan fingerprint density at radius 1 is 1.19 bits per heavy atom. The molecule has 21 heavy (non-hydrogen) atoms. The van der Waals surface area contributed by atoms with Gasteiger partial charge in [0.25, 0.3) is 11.5 Å². The summed E-state index contributed by atoms with van der Waals surface area (Å²) in [6, 6.07) is 4.54. The molecular weight excluding hydrogens is 277 g/mol. The summed E-state index contributed by atoms with van der Waals surface area (Å²) in [5.74, 6) is -1.42. The van der Waals surface area contributed by atoms with Crippen LogP contribution >= 0.6 is 0 Å². The van der Waals surface area contributed by atoms with Crippen LogP contribution in [-0.2, 0) is 0 Å². The van der Waals surface area contributed by atoms with E-state index in [9.17, 15) is 18.8 Å². The quantitative estimate of drug-likeness (QED) is 0.908. The fourth-order valence-corrected chi connectivity index (χ4v) is 1.93. The highest BCUT2D eigenvalue weighted by molar-refractivity contribution is 5.92. The average Bonchev–Trinajstić information content (AvgIpc) is 2.40. The molecule has 7 heteroatoms. The Bertz CT molecular complexity index is 804. The molecule has 0 aliphatic carbocycles. The monoisotopic (exact) mass is 291 g/mol. The first-order valence-corrected chi connectivity index (χ1v) is 6.27. The standard InChI is InChI=1S/C14H14FN3O3/c1-8(2)17-7-11(12(16)19)13(20)18(14(17)21)10-5-3-9(15)4-6-10/h3-8H,1-2H3,(H2,16,19). The minimum absolute atomic E-state index is 0.170. The van der Waals surface area contributed by atoms with Gasteiger partial charge in [-0.05, 0) is 38.1 Å². The summed E-state index contributed by atoms with van der Waals surface area (Å²) in [5, 5.41) is 0. The zero-order valence-corrected chi connectivity index (χ0v) is 11.5. The van der Waals surface area contributed by atoms with Crippen LogP contribution in [0, 0.1) is 5.82 Å². The lowest BCUT2D eigenvalue weighted by molar-refractivity contribution is 0.0997. The lowest BCUT2D eigenvalue weighted by atomic mass is 10.2. The van der Waals surface area contributed by atoms with Crippen LogP contribution in [0.4, 0.5) is 4.39 Å². The number of hydrogen-bond donors (Lipinski definition) is 1. The highest BCUT2D eigenvalue weighted by atomic mass is 19.1. The molecule has 0 spiro atoms. The molecule has 110 valence electrons. The van der Waals surface area contributed by atoms with Crippen LogP contribution in [0.5, 0.6) is 0 Å². The third kappa shape index (κ3) is 2.62. The molecule has 0 aliphatic rings. The first-order valence-electron chi connectivity index (χ1n) is 6.27.